The van der Waals surface area contributed by atoms with Crippen LogP contribution in [-0.4, -0.2) is 38.9 Å². The Labute approximate surface area is 131 Å². The summed E-state index contributed by atoms with van der Waals surface area (Å²) in [5.74, 6) is -3.85. The highest BCUT2D eigenvalue weighted by Crippen LogP contribution is 2.43. The number of methoxy groups -OCH3 is 2. The molecular formula is C15H14O8. The number of rotatable bonds is 3. The monoisotopic (exact) mass is 322 g/mol. The summed E-state index contributed by atoms with van der Waals surface area (Å²) < 4.78 is 25.0. The van der Waals surface area contributed by atoms with Gasteiger partial charge < -0.3 is 23.7 Å². The van der Waals surface area contributed by atoms with Crippen LogP contribution in [0.2, 0.25) is 0 Å². The van der Waals surface area contributed by atoms with E-state index in [9.17, 15) is 14.4 Å². The summed E-state index contributed by atoms with van der Waals surface area (Å²) in [5.41, 5.74) is 0.504. The van der Waals surface area contributed by atoms with Crippen LogP contribution in [0.1, 0.15) is 11.7 Å². The van der Waals surface area contributed by atoms with Gasteiger partial charge in [-0.2, -0.15) is 0 Å². The van der Waals surface area contributed by atoms with Gasteiger partial charge in [0, 0.05) is 0 Å². The van der Waals surface area contributed by atoms with Gasteiger partial charge >= 0.3 is 17.9 Å². The summed E-state index contributed by atoms with van der Waals surface area (Å²) in [4.78, 5) is 36.0. The first-order valence-corrected chi connectivity index (χ1v) is 6.82. The molecule has 8 nitrogen and oxygen atoms in total. The van der Waals surface area contributed by atoms with Crippen LogP contribution in [0.25, 0.3) is 0 Å². The largest absolute Gasteiger partial charge is 0.469 e. The van der Waals surface area contributed by atoms with E-state index >= 15 is 0 Å². The van der Waals surface area contributed by atoms with Gasteiger partial charge in [0.05, 0.1) is 14.2 Å². The van der Waals surface area contributed by atoms with Crippen LogP contribution in [0, 0.1) is 11.8 Å². The Balaban J connectivity index is 1.98. The number of hydrogen-bond donors (Lipinski definition) is 0. The van der Waals surface area contributed by atoms with Crippen LogP contribution in [-0.2, 0) is 28.6 Å². The van der Waals surface area contributed by atoms with E-state index in [4.69, 9.17) is 18.9 Å². The average Bonchev–Trinajstić information content (AvgIpc) is 3.16. The SMILES string of the molecule is COC(=O)[C@@H]1C(=O)O[C@@H](c2ccc3c(c2)OCO3)[C@@H]1C(=O)OC. The minimum Gasteiger partial charge on any atom is -0.469 e. The summed E-state index contributed by atoms with van der Waals surface area (Å²) in [6.45, 7) is 0.0917. The van der Waals surface area contributed by atoms with Crippen molar-refractivity contribution in [2.75, 3.05) is 21.0 Å². The number of cyclic esters (lactones) is 1. The van der Waals surface area contributed by atoms with E-state index in [-0.39, 0.29) is 6.79 Å². The van der Waals surface area contributed by atoms with Crippen molar-refractivity contribution in [3.8, 4) is 11.5 Å². The molecule has 1 aromatic carbocycles. The van der Waals surface area contributed by atoms with Gasteiger partial charge in [0.2, 0.25) is 6.79 Å². The van der Waals surface area contributed by atoms with Crippen molar-refractivity contribution in [3.05, 3.63) is 23.8 Å². The molecule has 0 N–H and O–H groups in total. The van der Waals surface area contributed by atoms with Crippen LogP contribution in [0.5, 0.6) is 11.5 Å². The normalized spacial score (nSPS) is 25.0. The lowest BCUT2D eigenvalue weighted by Crippen LogP contribution is -2.33. The van der Waals surface area contributed by atoms with Crippen LogP contribution < -0.4 is 9.47 Å². The van der Waals surface area contributed by atoms with Crippen LogP contribution in [0.3, 0.4) is 0 Å². The number of hydrogen-bond acceptors (Lipinski definition) is 8. The number of carbonyl (C=O) groups is 3. The van der Waals surface area contributed by atoms with Gasteiger partial charge in [-0.3, -0.25) is 14.4 Å². The van der Waals surface area contributed by atoms with Crippen LogP contribution >= 0.6 is 0 Å². The van der Waals surface area contributed by atoms with Crippen LogP contribution in [0.15, 0.2) is 18.2 Å². The second-order valence-electron chi connectivity index (χ2n) is 5.02. The van der Waals surface area contributed by atoms with Crippen molar-refractivity contribution in [2.24, 2.45) is 11.8 Å². The van der Waals surface area contributed by atoms with Crippen molar-refractivity contribution in [3.63, 3.8) is 0 Å². The maximum Gasteiger partial charge on any atom is 0.322 e. The Morgan fingerprint density at radius 1 is 1.09 bits per heavy atom. The molecule has 0 bridgehead atoms. The highest BCUT2D eigenvalue weighted by molar-refractivity contribution is 6.01. The first kappa shape index (κ1) is 15.1. The van der Waals surface area contributed by atoms with Gasteiger partial charge in [-0.05, 0) is 17.7 Å². The first-order valence-electron chi connectivity index (χ1n) is 6.82. The molecule has 1 saturated heterocycles. The molecule has 2 aliphatic rings. The third-order valence-electron chi connectivity index (χ3n) is 3.84. The zero-order chi connectivity index (χ0) is 16.6. The molecule has 0 aliphatic carbocycles. The Morgan fingerprint density at radius 3 is 2.48 bits per heavy atom. The molecule has 122 valence electrons. The molecule has 0 spiro atoms. The number of carbonyl (C=O) groups excluding carboxylic acids is 3. The molecule has 3 atom stereocenters. The maximum atomic E-state index is 12.1. The minimum atomic E-state index is -1.36. The summed E-state index contributed by atoms with van der Waals surface area (Å²) in [6, 6.07) is 4.89. The van der Waals surface area contributed by atoms with E-state index in [0.717, 1.165) is 7.11 Å². The lowest BCUT2D eigenvalue weighted by molar-refractivity contribution is -0.159. The number of benzene rings is 1. The van der Waals surface area contributed by atoms with E-state index < -0.39 is 35.8 Å². The standard InChI is InChI=1S/C15H14O8/c1-19-13(16)10-11(14(17)20-2)15(18)23-12(10)7-3-4-8-9(5-7)22-6-21-8/h3-5,10-12H,6H2,1-2H3/t10-,11-,12+/m1/s1. The van der Waals surface area contributed by atoms with Crippen molar-refractivity contribution in [1.82, 2.24) is 0 Å². The van der Waals surface area contributed by atoms with Gasteiger partial charge in [0.25, 0.3) is 0 Å². The summed E-state index contributed by atoms with van der Waals surface area (Å²) in [6.07, 6.45) is -0.964. The van der Waals surface area contributed by atoms with Crippen LogP contribution in [0.4, 0.5) is 0 Å². The van der Waals surface area contributed by atoms with E-state index in [0.29, 0.717) is 17.1 Å². The van der Waals surface area contributed by atoms with Crippen molar-refractivity contribution in [2.45, 2.75) is 6.10 Å². The predicted octanol–water partition coefficient (Wildman–Crippen LogP) is 0.592. The zero-order valence-electron chi connectivity index (χ0n) is 12.4. The molecule has 0 aromatic heterocycles. The summed E-state index contributed by atoms with van der Waals surface area (Å²) >= 11 is 0. The van der Waals surface area contributed by atoms with E-state index in [1.807, 2.05) is 0 Å². The maximum absolute atomic E-state index is 12.1. The van der Waals surface area contributed by atoms with Gasteiger partial charge in [0.1, 0.15) is 12.0 Å². The lowest BCUT2D eigenvalue weighted by Gasteiger charge is -2.18. The molecule has 2 aliphatic heterocycles. The molecule has 23 heavy (non-hydrogen) atoms. The fourth-order valence-corrected chi connectivity index (χ4v) is 2.72. The third-order valence-corrected chi connectivity index (χ3v) is 3.84. The van der Waals surface area contributed by atoms with Crippen molar-refractivity contribution in [1.29, 1.82) is 0 Å². The zero-order valence-corrected chi connectivity index (χ0v) is 12.4. The summed E-state index contributed by atoms with van der Waals surface area (Å²) in [7, 11) is 2.31. The molecule has 1 aromatic rings. The highest BCUT2D eigenvalue weighted by atomic mass is 16.7. The highest BCUT2D eigenvalue weighted by Gasteiger charge is 2.54. The Kier molecular flexibility index (Phi) is 3.81. The molecular weight excluding hydrogens is 308 g/mol. The van der Waals surface area contributed by atoms with Gasteiger partial charge in [-0.25, -0.2) is 0 Å². The molecule has 2 heterocycles. The fraction of sp³-hybridized carbons (Fsp3) is 0.400. The van der Waals surface area contributed by atoms with E-state index in [1.165, 1.54) is 7.11 Å². The molecule has 3 rings (SSSR count). The number of esters is 3. The molecule has 1 fully saturated rings. The Bertz CT molecular complexity index is 667. The fourth-order valence-electron chi connectivity index (χ4n) is 2.72. The lowest BCUT2D eigenvalue weighted by atomic mass is 9.87. The van der Waals surface area contributed by atoms with E-state index in [1.54, 1.807) is 18.2 Å². The smallest absolute Gasteiger partial charge is 0.322 e. The van der Waals surface area contributed by atoms with Crippen molar-refractivity contribution >= 4 is 17.9 Å². The topological polar surface area (TPSA) is 97.4 Å². The number of ether oxygens (including phenoxy) is 5. The molecule has 8 heteroatoms. The van der Waals surface area contributed by atoms with Gasteiger partial charge in [0.15, 0.2) is 17.4 Å². The minimum absolute atomic E-state index is 0.0917. The molecule has 0 radical (unpaired) electrons. The third kappa shape index (κ3) is 2.45. The average molecular weight is 322 g/mol. The van der Waals surface area contributed by atoms with E-state index in [2.05, 4.69) is 4.74 Å². The predicted molar refractivity (Wildman–Crippen MR) is 72.4 cm³/mol. The Hall–Kier alpha value is -2.77. The second kappa shape index (κ2) is 5.79. The summed E-state index contributed by atoms with van der Waals surface area (Å²) in [5, 5.41) is 0. The van der Waals surface area contributed by atoms with Gasteiger partial charge in [-0.1, -0.05) is 6.07 Å². The second-order valence-corrected chi connectivity index (χ2v) is 5.02. The molecule has 0 amide bonds. The first-order chi connectivity index (χ1) is 11.1. The number of fused-ring (bicyclic) bond motifs is 1. The van der Waals surface area contributed by atoms with Crippen molar-refractivity contribution < 1.29 is 38.1 Å². The quantitative estimate of drug-likeness (QED) is 0.453. The Morgan fingerprint density at radius 2 is 1.78 bits per heavy atom. The molecule has 0 unspecified atom stereocenters. The molecule has 0 saturated carbocycles. The van der Waals surface area contributed by atoms with Gasteiger partial charge in [-0.15, -0.1) is 0 Å².